The predicted molar refractivity (Wildman–Crippen MR) is 147 cm³/mol. The van der Waals surface area contributed by atoms with Gasteiger partial charge in [0.05, 0.1) is 8.07 Å². The lowest BCUT2D eigenvalue weighted by molar-refractivity contribution is 1.58. The highest BCUT2D eigenvalue weighted by Gasteiger charge is 2.48. The molecule has 0 aliphatic carbocycles. The average Bonchev–Trinajstić information content (AvgIpc) is 2.92. The lowest BCUT2D eigenvalue weighted by Gasteiger charge is -2.32. The minimum Gasteiger partial charge on any atom is -0.149 e. The fourth-order valence-corrected chi connectivity index (χ4v) is 11.6. The molecule has 0 unspecified atom stereocenters. The van der Waals surface area contributed by atoms with Crippen LogP contribution in [0, 0.1) is 0 Å². The van der Waals surface area contributed by atoms with Gasteiger partial charge in [-0.1, -0.05) is 115 Å². The molecule has 1 N–H and O–H groups in total. The molecule has 0 amide bonds. The standard InChI is InChI=1S/C30H26NP2/c1-6-16-26(17-7-1)32(27-18-8-2-9-19-27)31-33(28-20-10-3-11-21-28,29-22-12-4-13-23-29)30-24-14-5-15-25-30/h1-25,31H/q+1. The molecule has 3 heteroatoms. The summed E-state index contributed by atoms with van der Waals surface area (Å²) in [6.45, 7) is 0. The number of hydrogen-bond acceptors (Lipinski definition) is 1. The van der Waals surface area contributed by atoms with Gasteiger partial charge in [0, 0.05) is 0 Å². The molecule has 1 nitrogen and oxygen atoms in total. The van der Waals surface area contributed by atoms with E-state index in [4.69, 9.17) is 0 Å². The van der Waals surface area contributed by atoms with E-state index in [-0.39, 0.29) is 0 Å². The smallest absolute Gasteiger partial charge is 0.149 e. The molecule has 5 rings (SSSR count). The van der Waals surface area contributed by atoms with Crippen LogP contribution in [0.2, 0.25) is 0 Å². The minimum atomic E-state index is -2.16. The summed E-state index contributed by atoms with van der Waals surface area (Å²) in [4.78, 5) is 4.32. The fraction of sp³-hybridized carbons (Fsp3) is 0. The minimum absolute atomic E-state index is 0.810. The summed E-state index contributed by atoms with van der Waals surface area (Å²) < 4.78 is 0. The molecule has 160 valence electrons. The molecule has 0 bridgehead atoms. The fourth-order valence-electron chi connectivity index (χ4n) is 4.14. The summed E-state index contributed by atoms with van der Waals surface area (Å²) in [5.74, 6) is 0. The van der Waals surface area contributed by atoms with Crippen molar-refractivity contribution in [1.29, 1.82) is 0 Å². The molecule has 0 atom stereocenters. The lowest BCUT2D eigenvalue weighted by atomic mass is 10.4. The molecular formula is C30H26NP2+. The van der Waals surface area contributed by atoms with Crippen molar-refractivity contribution in [3.05, 3.63) is 152 Å². The topological polar surface area (TPSA) is 12.0 Å². The van der Waals surface area contributed by atoms with Crippen LogP contribution in [-0.2, 0) is 0 Å². The van der Waals surface area contributed by atoms with Gasteiger partial charge in [-0.25, -0.2) is 0 Å². The van der Waals surface area contributed by atoms with E-state index in [1.54, 1.807) is 0 Å². The Balaban J connectivity index is 1.78. The van der Waals surface area contributed by atoms with Crippen LogP contribution in [0.5, 0.6) is 0 Å². The molecule has 0 aliphatic rings. The number of hydrogen-bond donors (Lipinski definition) is 1. The van der Waals surface area contributed by atoms with Crippen molar-refractivity contribution in [1.82, 2.24) is 4.86 Å². The molecule has 5 aromatic rings. The van der Waals surface area contributed by atoms with E-state index in [9.17, 15) is 0 Å². The summed E-state index contributed by atoms with van der Waals surface area (Å²) in [5, 5.41) is 6.65. The molecule has 33 heavy (non-hydrogen) atoms. The van der Waals surface area contributed by atoms with Crippen molar-refractivity contribution in [3.63, 3.8) is 0 Å². The normalized spacial score (nSPS) is 11.4. The van der Waals surface area contributed by atoms with Gasteiger partial charge in [-0.15, -0.1) is 4.86 Å². The van der Waals surface area contributed by atoms with E-state index >= 15 is 0 Å². The van der Waals surface area contributed by atoms with Crippen LogP contribution < -0.4 is 31.4 Å². The van der Waals surface area contributed by atoms with Gasteiger partial charge in [0.2, 0.25) is 0 Å². The van der Waals surface area contributed by atoms with Gasteiger partial charge in [-0.2, -0.15) is 0 Å². The Bertz CT molecular complexity index is 1130. The van der Waals surface area contributed by atoms with Crippen LogP contribution in [-0.4, -0.2) is 0 Å². The zero-order chi connectivity index (χ0) is 22.3. The Kier molecular flexibility index (Phi) is 6.75. The third-order valence-corrected chi connectivity index (χ3v) is 12.6. The number of rotatable bonds is 7. The second-order valence-electron chi connectivity index (χ2n) is 7.78. The zero-order valence-corrected chi connectivity index (χ0v) is 20.1. The zero-order valence-electron chi connectivity index (χ0n) is 18.3. The van der Waals surface area contributed by atoms with Crippen molar-refractivity contribution in [2.45, 2.75) is 0 Å². The van der Waals surface area contributed by atoms with Crippen molar-refractivity contribution in [2.24, 2.45) is 0 Å². The van der Waals surface area contributed by atoms with E-state index in [0.717, 1.165) is 0 Å². The molecule has 0 heterocycles. The van der Waals surface area contributed by atoms with E-state index in [0.29, 0.717) is 0 Å². The van der Waals surface area contributed by atoms with Crippen LogP contribution in [0.3, 0.4) is 0 Å². The monoisotopic (exact) mass is 462 g/mol. The Morgan fingerprint density at radius 2 is 0.636 bits per heavy atom. The summed E-state index contributed by atoms with van der Waals surface area (Å²) in [5.41, 5.74) is 0. The van der Waals surface area contributed by atoms with Gasteiger partial charge in [-0.3, -0.25) is 0 Å². The Labute approximate surface area is 198 Å². The largest absolute Gasteiger partial charge is 0.182 e. The third-order valence-electron chi connectivity index (χ3n) is 5.71. The average molecular weight is 462 g/mol. The van der Waals surface area contributed by atoms with Crippen LogP contribution in [0.4, 0.5) is 0 Å². The van der Waals surface area contributed by atoms with E-state index in [2.05, 4.69) is 157 Å². The van der Waals surface area contributed by atoms with Crippen molar-refractivity contribution in [3.8, 4) is 0 Å². The first-order valence-electron chi connectivity index (χ1n) is 11.1. The third kappa shape index (κ3) is 4.54. The molecule has 0 spiro atoms. The first kappa shape index (κ1) is 21.7. The molecule has 0 saturated carbocycles. The second-order valence-corrected chi connectivity index (χ2v) is 13.2. The highest BCUT2D eigenvalue weighted by Crippen LogP contribution is 2.57. The maximum Gasteiger partial charge on any atom is 0.182 e. The Morgan fingerprint density at radius 1 is 0.364 bits per heavy atom. The molecule has 0 radical (unpaired) electrons. The maximum absolute atomic E-state index is 4.32. The van der Waals surface area contributed by atoms with Gasteiger partial charge >= 0.3 is 0 Å². The van der Waals surface area contributed by atoms with Crippen molar-refractivity contribution >= 4 is 42.0 Å². The summed E-state index contributed by atoms with van der Waals surface area (Å²) >= 11 is 0. The summed E-state index contributed by atoms with van der Waals surface area (Å²) in [6.07, 6.45) is 0. The van der Waals surface area contributed by atoms with Crippen LogP contribution in [0.1, 0.15) is 0 Å². The predicted octanol–water partition coefficient (Wildman–Crippen LogP) is 5.53. The van der Waals surface area contributed by atoms with E-state index in [1.165, 1.54) is 26.5 Å². The quantitative estimate of drug-likeness (QED) is 0.314. The Hall–Kier alpha value is -3.08. The number of benzene rings is 5. The van der Waals surface area contributed by atoms with Gasteiger partial charge in [0.15, 0.2) is 7.41 Å². The SMILES string of the molecule is c1ccc(P(N[P+](c2ccccc2)(c2ccccc2)c2ccccc2)c2ccccc2)cc1. The first-order chi connectivity index (χ1) is 16.4. The summed E-state index contributed by atoms with van der Waals surface area (Å²) in [7, 11) is -2.97. The molecule has 0 aliphatic heterocycles. The highest BCUT2D eigenvalue weighted by atomic mass is 31.2. The molecule has 0 aromatic heterocycles. The van der Waals surface area contributed by atoms with E-state index in [1.807, 2.05) is 0 Å². The van der Waals surface area contributed by atoms with Crippen molar-refractivity contribution in [2.75, 3.05) is 0 Å². The first-order valence-corrected chi connectivity index (χ1v) is 14.2. The Morgan fingerprint density at radius 3 is 0.939 bits per heavy atom. The van der Waals surface area contributed by atoms with E-state index < -0.39 is 15.5 Å². The molecule has 0 fully saturated rings. The lowest BCUT2D eigenvalue weighted by Crippen LogP contribution is -2.41. The molecule has 5 aromatic carbocycles. The van der Waals surface area contributed by atoms with Gasteiger partial charge in [0.1, 0.15) is 15.9 Å². The van der Waals surface area contributed by atoms with Gasteiger partial charge in [-0.05, 0) is 47.0 Å². The highest BCUT2D eigenvalue weighted by molar-refractivity contribution is 8.00. The van der Waals surface area contributed by atoms with Crippen LogP contribution in [0.25, 0.3) is 0 Å². The van der Waals surface area contributed by atoms with Crippen molar-refractivity contribution < 1.29 is 0 Å². The van der Waals surface area contributed by atoms with Crippen LogP contribution in [0.15, 0.2) is 152 Å². The molecular weight excluding hydrogens is 436 g/mol. The van der Waals surface area contributed by atoms with Crippen LogP contribution >= 0.6 is 15.5 Å². The number of nitrogens with one attached hydrogen (secondary N) is 1. The van der Waals surface area contributed by atoms with Gasteiger partial charge < -0.3 is 0 Å². The van der Waals surface area contributed by atoms with Gasteiger partial charge in [0.25, 0.3) is 0 Å². The summed E-state index contributed by atoms with van der Waals surface area (Å²) in [6, 6.07) is 54.7. The molecule has 0 saturated heterocycles. The maximum atomic E-state index is 4.32. The second kappa shape index (κ2) is 10.2.